The fourth-order valence-corrected chi connectivity index (χ4v) is 4.57. The minimum absolute atomic E-state index is 0.0622. The minimum Gasteiger partial charge on any atom is -0.493 e. The largest absolute Gasteiger partial charge is 0.493 e. The average Bonchev–Trinajstić information content (AvgIpc) is 3.06. The fourth-order valence-electron chi connectivity index (χ4n) is 4.57. The molecule has 0 saturated carbocycles. The summed E-state index contributed by atoms with van der Waals surface area (Å²) in [6, 6.07) is 13.6. The van der Waals surface area contributed by atoms with Crippen molar-refractivity contribution in [1.29, 1.82) is 5.41 Å². The lowest BCUT2D eigenvalue weighted by Gasteiger charge is -2.22. The lowest BCUT2D eigenvalue weighted by atomic mass is 9.98. The van der Waals surface area contributed by atoms with Gasteiger partial charge in [-0.05, 0) is 54.8 Å². The van der Waals surface area contributed by atoms with Gasteiger partial charge in [0.05, 0.1) is 25.9 Å². The number of benzene rings is 2. The Kier molecular flexibility index (Phi) is 9.40. The van der Waals surface area contributed by atoms with Gasteiger partial charge in [-0.25, -0.2) is 9.37 Å². The third-order valence-corrected chi connectivity index (χ3v) is 6.95. The first-order valence-electron chi connectivity index (χ1n) is 13.8. The maximum absolute atomic E-state index is 13.6. The second-order valence-corrected chi connectivity index (χ2v) is 9.79. The third kappa shape index (κ3) is 6.98. The number of ether oxygens (including phenoxy) is 4. The Labute approximate surface area is 252 Å². The van der Waals surface area contributed by atoms with Gasteiger partial charge in [-0.1, -0.05) is 12.1 Å². The normalized spacial score (nSPS) is 13.7. The summed E-state index contributed by atoms with van der Waals surface area (Å²) in [4.78, 5) is 34.8. The van der Waals surface area contributed by atoms with Crippen molar-refractivity contribution in [2.45, 2.75) is 18.9 Å². The van der Waals surface area contributed by atoms with Crippen LogP contribution in [0, 0.1) is 11.2 Å². The van der Waals surface area contributed by atoms with Crippen LogP contribution in [0.3, 0.4) is 0 Å². The molecule has 4 aromatic rings. The zero-order valence-electron chi connectivity index (χ0n) is 24.1. The molecule has 44 heavy (non-hydrogen) atoms. The van der Waals surface area contributed by atoms with Gasteiger partial charge < -0.3 is 29.6 Å². The van der Waals surface area contributed by atoms with Crippen LogP contribution in [-0.2, 0) is 14.3 Å². The number of aromatic nitrogens is 2. The lowest BCUT2D eigenvalue weighted by Crippen LogP contribution is -2.33. The number of halogens is 1. The summed E-state index contributed by atoms with van der Waals surface area (Å²) < 4.78 is 35.7. The number of nitrogens with one attached hydrogen (secondary N) is 3. The molecule has 0 radical (unpaired) electrons. The molecule has 1 fully saturated rings. The molecule has 2 aromatic carbocycles. The van der Waals surface area contributed by atoms with E-state index >= 15 is 0 Å². The Morgan fingerprint density at radius 3 is 2.39 bits per heavy atom. The molecule has 0 bridgehead atoms. The molecule has 0 unspecified atom stereocenters. The summed E-state index contributed by atoms with van der Waals surface area (Å²) in [5, 5.41) is 14.7. The Bertz CT molecular complexity index is 1700. The van der Waals surface area contributed by atoms with Gasteiger partial charge in [0.1, 0.15) is 23.1 Å². The van der Waals surface area contributed by atoms with Gasteiger partial charge in [-0.15, -0.1) is 0 Å². The predicted octanol–water partition coefficient (Wildman–Crippen LogP) is 4.92. The highest BCUT2D eigenvalue weighted by molar-refractivity contribution is 6.74. The maximum atomic E-state index is 13.6. The van der Waals surface area contributed by atoms with Gasteiger partial charge in [0.2, 0.25) is 5.78 Å². The minimum atomic E-state index is -0.948. The second-order valence-electron chi connectivity index (χ2n) is 9.79. The summed E-state index contributed by atoms with van der Waals surface area (Å²) in [6.45, 7) is 1.17. The van der Waals surface area contributed by atoms with Crippen molar-refractivity contribution >= 4 is 39.7 Å². The molecule has 5 rings (SSSR count). The Morgan fingerprint density at radius 2 is 1.70 bits per heavy atom. The molecule has 226 valence electrons. The first-order chi connectivity index (χ1) is 21.4. The van der Waals surface area contributed by atoms with E-state index in [0.29, 0.717) is 52.7 Å². The van der Waals surface area contributed by atoms with Crippen molar-refractivity contribution in [3.63, 3.8) is 0 Å². The van der Waals surface area contributed by atoms with E-state index in [2.05, 4.69) is 20.6 Å². The van der Waals surface area contributed by atoms with Crippen LogP contribution in [0.25, 0.3) is 16.5 Å². The monoisotopic (exact) mass is 599 g/mol. The molecule has 0 spiro atoms. The predicted molar refractivity (Wildman–Crippen MR) is 162 cm³/mol. The van der Waals surface area contributed by atoms with Crippen molar-refractivity contribution in [3.8, 4) is 23.0 Å². The zero-order valence-corrected chi connectivity index (χ0v) is 24.1. The molecule has 3 heterocycles. The summed E-state index contributed by atoms with van der Waals surface area (Å²) in [5.41, 5.74) is 0.265. The number of carbonyl (C=O) groups is 2. The van der Waals surface area contributed by atoms with Gasteiger partial charge in [0.15, 0.2) is 17.2 Å². The van der Waals surface area contributed by atoms with Crippen molar-refractivity contribution in [2.75, 3.05) is 32.8 Å². The van der Waals surface area contributed by atoms with Gasteiger partial charge in [0, 0.05) is 48.7 Å². The number of anilines is 1. The van der Waals surface area contributed by atoms with Crippen LogP contribution >= 0.6 is 0 Å². The highest BCUT2D eigenvalue weighted by atomic mass is 19.1. The number of ketones is 1. The van der Waals surface area contributed by atoms with E-state index < -0.39 is 23.2 Å². The smallest absolute Gasteiger partial charge is 0.278 e. The number of allylic oxidation sites excluding steroid dienone is 1. The van der Waals surface area contributed by atoms with Crippen LogP contribution in [-0.4, -0.2) is 60.8 Å². The van der Waals surface area contributed by atoms with Crippen LogP contribution in [0.15, 0.2) is 73.2 Å². The highest BCUT2D eigenvalue weighted by Gasteiger charge is 2.24. The number of hydrogen-bond donors (Lipinski definition) is 3. The zero-order chi connectivity index (χ0) is 31.1. The number of carbonyl (C=O) groups excluding carboxylic acids is 2. The number of nitrogens with zero attached hydrogens (tertiary/aromatic N) is 2. The number of hydrogen-bond acceptors (Lipinski definition) is 10. The summed E-state index contributed by atoms with van der Waals surface area (Å²) in [6.07, 6.45) is 5.96. The molecule has 12 heteroatoms. The standard InChI is InChI=1S/C32H30FN5O6/c1-41-27-15-23-25(16-28(27)42-2)35-12-9-26(23)44-22-7-8-29(37-17-22)38-32(40)30(34)31(39)24(19-3-5-20(33)6-4-19)18-36-21-10-13-43-14-11-21/h3-9,12,15-18,21,34,36H,10-11,13-14H2,1-2H3,(H,37,38,40)/b24-18-,34-30?. The molecular weight excluding hydrogens is 569 g/mol. The summed E-state index contributed by atoms with van der Waals surface area (Å²) in [5.74, 6) is -0.218. The molecule has 1 saturated heterocycles. The van der Waals surface area contributed by atoms with Crippen LogP contribution in [0.4, 0.5) is 10.2 Å². The Hall–Kier alpha value is -5.36. The number of amides is 1. The fraction of sp³-hybridized carbons (Fsp3) is 0.219. The first-order valence-corrected chi connectivity index (χ1v) is 13.8. The van der Waals surface area contributed by atoms with Crippen LogP contribution < -0.4 is 24.8 Å². The Morgan fingerprint density at radius 1 is 0.977 bits per heavy atom. The Balaban J connectivity index is 1.28. The van der Waals surface area contributed by atoms with E-state index in [1.807, 2.05) is 0 Å². The summed E-state index contributed by atoms with van der Waals surface area (Å²) >= 11 is 0. The maximum Gasteiger partial charge on any atom is 0.278 e. The van der Waals surface area contributed by atoms with E-state index in [9.17, 15) is 14.0 Å². The van der Waals surface area contributed by atoms with Gasteiger partial charge >= 0.3 is 0 Å². The number of methoxy groups -OCH3 is 2. The molecule has 0 atom stereocenters. The van der Waals surface area contributed by atoms with Gasteiger partial charge in [-0.3, -0.25) is 20.0 Å². The molecule has 1 amide bonds. The van der Waals surface area contributed by atoms with Crippen LogP contribution in [0.5, 0.6) is 23.0 Å². The van der Waals surface area contributed by atoms with Crippen molar-refractivity contribution in [1.82, 2.24) is 15.3 Å². The second kappa shape index (κ2) is 13.7. The topological polar surface area (TPSA) is 145 Å². The van der Waals surface area contributed by atoms with Crippen LogP contribution in [0.2, 0.25) is 0 Å². The van der Waals surface area contributed by atoms with Gasteiger partial charge in [0.25, 0.3) is 5.91 Å². The molecule has 3 N–H and O–H groups in total. The number of pyridine rings is 2. The SMILES string of the molecule is COc1cc2nccc(Oc3ccc(NC(=O)C(=N)C(=O)/C(=C\NC4CCOCC4)c4ccc(F)cc4)nc3)c2cc1OC. The van der Waals surface area contributed by atoms with Crippen molar-refractivity contribution < 1.29 is 32.9 Å². The van der Waals surface area contributed by atoms with Crippen LogP contribution in [0.1, 0.15) is 18.4 Å². The molecule has 11 nitrogen and oxygen atoms in total. The van der Waals surface area contributed by atoms with E-state index in [1.165, 1.54) is 49.8 Å². The quantitative estimate of drug-likeness (QED) is 0.124. The number of Topliss-reactive ketones (excluding diaryl/α,β-unsaturated/α-hetero) is 1. The van der Waals surface area contributed by atoms with E-state index in [1.54, 1.807) is 37.6 Å². The number of fused-ring (bicyclic) bond motifs is 1. The van der Waals surface area contributed by atoms with E-state index in [0.717, 1.165) is 12.8 Å². The first kappa shape index (κ1) is 30.1. The molecule has 0 aliphatic carbocycles. The van der Waals surface area contributed by atoms with Gasteiger partial charge in [-0.2, -0.15) is 0 Å². The highest BCUT2D eigenvalue weighted by Crippen LogP contribution is 2.36. The van der Waals surface area contributed by atoms with E-state index in [-0.39, 0.29) is 17.4 Å². The molecule has 2 aromatic heterocycles. The molecular formula is C32H30FN5O6. The molecule has 1 aliphatic heterocycles. The third-order valence-electron chi connectivity index (χ3n) is 6.95. The number of rotatable bonds is 11. The summed E-state index contributed by atoms with van der Waals surface area (Å²) in [7, 11) is 3.08. The van der Waals surface area contributed by atoms with E-state index in [4.69, 9.17) is 24.4 Å². The van der Waals surface area contributed by atoms with Crippen molar-refractivity contribution in [2.24, 2.45) is 0 Å². The van der Waals surface area contributed by atoms with Crippen molar-refractivity contribution in [3.05, 3.63) is 84.6 Å². The molecule has 1 aliphatic rings. The average molecular weight is 600 g/mol. The lowest BCUT2D eigenvalue weighted by molar-refractivity contribution is -0.113.